The molecule has 0 rings (SSSR count). The largest absolute Gasteiger partial charge is 0.481 e. The van der Waals surface area contributed by atoms with Crippen LogP contribution in [0.25, 0.3) is 0 Å². The smallest absolute Gasteiger partial charge is 0.303 e. The zero-order chi connectivity index (χ0) is 11.0. The third kappa shape index (κ3) is 6.22. The molecule has 80 valence electrons. The first-order valence-corrected chi connectivity index (χ1v) is 4.67. The number of carbonyl (C=O) groups excluding carboxylic acids is 1. The Morgan fingerprint density at radius 2 is 2.00 bits per heavy atom. The second-order valence-electron chi connectivity index (χ2n) is 3.17. The minimum Gasteiger partial charge on any atom is -0.481 e. The minimum absolute atomic E-state index is 0.0942. The van der Waals surface area contributed by atoms with Gasteiger partial charge in [0.2, 0.25) is 5.91 Å². The molecule has 0 aromatic heterocycles. The van der Waals surface area contributed by atoms with Crippen LogP contribution >= 0.6 is 0 Å². The summed E-state index contributed by atoms with van der Waals surface area (Å²) in [6.45, 7) is 4.04. The molecule has 0 bridgehead atoms. The average Bonchev–Trinajstić information content (AvgIpc) is 2.15. The van der Waals surface area contributed by atoms with Crippen molar-refractivity contribution >= 4 is 11.9 Å². The molecule has 0 aliphatic carbocycles. The zero-order valence-electron chi connectivity index (χ0n) is 8.53. The van der Waals surface area contributed by atoms with E-state index in [1.54, 1.807) is 11.9 Å². The van der Waals surface area contributed by atoms with E-state index in [-0.39, 0.29) is 12.3 Å². The summed E-state index contributed by atoms with van der Waals surface area (Å²) >= 11 is 0. The van der Waals surface area contributed by atoms with E-state index in [1.165, 1.54) is 6.08 Å². The SMILES string of the molecule is C=CC(=O)N(C)CCCCCC(=O)O. The van der Waals surface area contributed by atoms with Crippen molar-refractivity contribution in [2.24, 2.45) is 0 Å². The Labute approximate surface area is 84.2 Å². The molecule has 0 aromatic carbocycles. The molecule has 0 spiro atoms. The van der Waals surface area contributed by atoms with E-state index in [1.807, 2.05) is 0 Å². The molecule has 0 aromatic rings. The fourth-order valence-corrected chi connectivity index (χ4v) is 1.07. The lowest BCUT2D eigenvalue weighted by atomic mass is 10.2. The number of unbranched alkanes of at least 4 members (excludes halogenated alkanes) is 2. The summed E-state index contributed by atoms with van der Waals surface area (Å²) in [5.41, 5.74) is 0. The van der Waals surface area contributed by atoms with Crippen molar-refractivity contribution in [3.05, 3.63) is 12.7 Å². The Hall–Kier alpha value is -1.32. The van der Waals surface area contributed by atoms with Gasteiger partial charge >= 0.3 is 5.97 Å². The van der Waals surface area contributed by atoms with E-state index in [9.17, 15) is 9.59 Å². The van der Waals surface area contributed by atoms with Gasteiger partial charge in [-0.1, -0.05) is 13.0 Å². The Bertz CT molecular complexity index is 213. The first kappa shape index (κ1) is 12.7. The first-order chi connectivity index (χ1) is 6.57. The first-order valence-electron chi connectivity index (χ1n) is 4.67. The summed E-state index contributed by atoms with van der Waals surface area (Å²) in [6.07, 6.45) is 3.83. The number of rotatable bonds is 7. The third-order valence-electron chi connectivity index (χ3n) is 1.94. The van der Waals surface area contributed by atoms with Gasteiger partial charge in [0.25, 0.3) is 0 Å². The molecule has 0 radical (unpaired) electrons. The van der Waals surface area contributed by atoms with Gasteiger partial charge in [-0.3, -0.25) is 9.59 Å². The van der Waals surface area contributed by atoms with Crippen LogP contribution in [-0.4, -0.2) is 35.5 Å². The fraction of sp³-hybridized carbons (Fsp3) is 0.600. The van der Waals surface area contributed by atoms with E-state index in [0.29, 0.717) is 13.0 Å². The van der Waals surface area contributed by atoms with Gasteiger partial charge in [0.1, 0.15) is 0 Å². The van der Waals surface area contributed by atoms with Crippen molar-refractivity contribution in [2.45, 2.75) is 25.7 Å². The molecule has 0 saturated heterocycles. The van der Waals surface area contributed by atoms with Gasteiger partial charge in [0.15, 0.2) is 0 Å². The molecule has 0 aliphatic rings. The number of carboxylic acids is 1. The number of hydrogen-bond acceptors (Lipinski definition) is 2. The third-order valence-corrected chi connectivity index (χ3v) is 1.94. The Morgan fingerprint density at radius 1 is 1.36 bits per heavy atom. The lowest BCUT2D eigenvalue weighted by Crippen LogP contribution is -2.25. The molecule has 14 heavy (non-hydrogen) atoms. The van der Waals surface area contributed by atoms with E-state index in [4.69, 9.17) is 5.11 Å². The number of aliphatic carboxylic acids is 1. The molecular weight excluding hydrogens is 182 g/mol. The van der Waals surface area contributed by atoms with Crippen molar-refractivity contribution in [1.29, 1.82) is 0 Å². The van der Waals surface area contributed by atoms with Crippen molar-refractivity contribution in [3.8, 4) is 0 Å². The standard InChI is InChI=1S/C10H17NO3/c1-3-9(12)11(2)8-6-4-5-7-10(13)14/h3H,1,4-8H2,2H3,(H,13,14). The molecular formula is C10H17NO3. The summed E-state index contributed by atoms with van der Waals surface area (Å²) in [7, 11) is 1.71. The lowest BCUT2D eigenvalue weighted by Gasteiger charge is -2.14. The topological polar surface area (TPSA) is 57.6 Å². The highest BCUT2D eigenvalue weighted by Gasteiger charge is 2.03. The van der Waals surface area contributed by atoms with E-state index in [2.05, 4.69) is 6.58 Å². The summed E-state index contributed by atoms with van der Waals surface area (Å²) in [5, 5.41) is 8.37. The van der Waals surface area contributed by atoms with E-state index < -0.39 is 5.97 Å². The Kier molecular flexibility index (Phi) is 6.45. The molecule has 0 unspecified atom stereocenters. The van der Waals surface area contributed by atoms with Gasteiger partial charge in [0, 0.05) is 20.0 Å². The van der Waals surface area contributed by atoms with Crippen molar-refractivity contribution in [3.63, 3.8) is 0 Å². The number of amides is 1. The van der Waals surface area contributed by atoms with Crippen LogP contribution < -0.4 is 0 Å². The van der Waals surface area contributed by atoms with Crippen LogP contribution in [0.2, 0.25) is 0 Å². The normalized spacial score (nSPS) is 9.50. The maximum atomic E-state index is 11.0. The number of carboxylic acid groups (broad SMARTS) is 1. The van der Waals surface area contributed by atoms with Crippen LogP contribution in [0.4, 0.5) is 0 Å². The number of carbonyl (C=O) groups is 2. The molecule has 0 atom stereocenters. The quantitative estimate of drug-likeness (QED) is 0.496. The summed E-state index contributed by atoms with van der Waals surface area (Å²) in [6, 6.07) is 0. The molecule has 1 N–H and O–H groups in total. The Morgan fingerprint density at radius 3 is 2.50 bits per heavy atom. The van der Waals surface area contributed by atoms with Crippen LogP contribution in [0.3, 0.4) is 0 Å². The summed E-state index contributed by atoms with van der Waals surface area (Å²) in [4.78, 5) is 22.7. The van der Waals surface area contributed by atoms with Gasteiger partial charge in [-0.2, -0.15) is 0 Å². The van der Waals surface area contributed by atoms with Crippen LogP contribution in [0.15, 0.2) is 12.7 Å². The van der Waals surface area contributed by atoms with Crippen molar-refractivity contribution in [1.82, 2.24) is 4.90 Å². The minimum atomic E-state index is -0.763. The summed E-state index contributed by atoms with van der Waals surface area (Å²) in [5.74, 6) is -0.858. The molecule has 4 heteroatoms. The van der Waals surface area contributed by atoms with E-state index >= 15 is 0 Å². The second kappa shape index (κ2) is 7.12. The molecule has 1 amide bonds. The van der Waals surface area contributed by atoms with Crippen molar-refractivity contribution < 1.29 is 14.7 Å². The lowest BCUT2D eigenvalue weighted by molar-refractivity contribution is -0.137. The molecule has 0 fully saturated rings. The van der Waals surface area contributed by atoms with Gasteiger partial charge < -0.3 is 10.0 Å². The van der Waals surface area contributed by atoms with Gasteiger partial charge in [-0.25, -0.2) is 0 Å². The van der Waals surface area contributed by atoms with Gasteiger partial charge in [0.05, 0.1) is 0 Å². The zero-order valence-corrected chi connectivity index (χ0v) is 8.53. The molecule has 0 saturated carbocycles. The fourth-order valence-electron chi connectivity index (χ4n) is 1.07. The van der Waals surface area contributed by atoms with Crippen LogP contribution in [0.5, 0.6) is 0 Å². The maximum absolute atomic E-state index is 11.0. The number of likely N-dealkylation sites (N-methyl/N-ethyl adjacent to an activating group) is 1. The maximum Gasteiger partial charge on any atom is 0.303 e. The molecule has 0 aliphatic heterocycles. The van der Waals surface area contributed by atoms with Crippen LogP contribution in [0, 0.1) is 0 Å². The number of nitrogens with zero attached hydrogens (tertiary/aromatic N) is 1. The molecule has 4 nitrogen and oxygen atoms in total. The average molecular weight is 199 g/mol. The van der Waals surface area contributed by atoms with Gasteiger partial charge in [-0.05, 0) is 18.9 Å². The predicted molar refractivity (Wildman–Crippen MR) is 53.9 cm³/mol. The van der Waals surface area contributed by atoms with Crippen molar-refractivity contribution in [2.75, 3.05) is 13.6 Å². The van der Waals surface area contributed by atoms with Gasteiger partial charge in [-0.15, -0.1) is 0 Å². The highest BCUT2D eigenvalue weighted by atomic mass is 16.4. The van der Waals surface area contributed by atoms with Crippen LogP contribution in [0.1, 0.15) is 25.7 Å². The van der Waals surface area contributed by atoms with Crippen LogP contribution in [-0.2, 0) is 9.59 Å². The second-order valence-corrected chi connectivity index (χ2v) is 3.17. The summed E-state index contributed by atoms with van der Waals surface area (Å²) < 4.78 is 0. The molecule has 0 heterocycles. The monoisotopic (exact) mass is 199 g/mol. The predicted octanol–water partition coefficient (Wildman–Crippen LogP) is 1.28. The Balaban J connectivity index is 3.40. The highest BCUT2D eigenvalue weighted by molar-refractivity contribution is 5.86. The van der Waals surface area contributed by atoms with E-state index in [0.717, 1.165) is 12.8 Å². The number of hydrogen-bond donors (Lipinski definition) is 1. The highest BCUT2D eigenvalue weighted by Crippen LogP contribution is 2.01.